The first-order chi connectivity index (χ1) is 8.72. The molecule has 2 N–H and O–H groups in total. The molecule has 18 heavy (non-hydrogen) atoms. The summed E-state index contributed by atoms with van der Waals surface area (Å²) in [4.78, 5) is 2.39. The molecule has 1 heterocycles. The zero-order valence-corrected chi connectivity index (χ0v) is 10.7. The standard InChI is InChI=1S/C14H19N3O/c1-18-14-8-11(2-3-12(14)9-15)10-17-6-4-13(16)5-7-17/h2-3,8,13H,4-7,10,16H2,1H3. The van der Waals surface area contributed by atoms with Gasteiger partial charge in [-0.2, -0.15) is 5.26 Å². The Morgan fingerprint density at radius 2 is 2.17 bits per heavy atom. The quantitative estimate of drug-likeness (QED) is 0.876. The van der Waals surface area contributed by atoms with Gasteiger partial charge in [-0.05, 0) is 43.6 Å². The average molecular weight is 245 g/mol. The summed E-state index contributed by atoms with van der Waals surface area (Å²) in [6.07, 6.45) is 2.13. The van der Waals surface area contributed by atoms with E-state index in [4.69, 9.17) is 15.7 Å². The lowest BCUT2D eigenvalue weighted by molar-refractivity contribution is 0.205. The van der Waals surface area contributed by atoms with Crippen LogP contribution in [0.4, 0.5) is 0 Å². The van der Waals surface area contributed by atoms with Crippen LogP contribution in [-0.4, -0.2) is 31.1 Å². The van der Waals surface area contributed by atoms with E-state index < -0.39 is 0 Å². The van der Waals surface area contributed by atoms with E-state index in [0.29, 0.717) is 17.4 Å². The third-order valence-corrected chi connectivity index (χ3v) is 3.42. The minimum Gasteiger partial charge on any atom is -0.495 e. The number of nitrogens with two attached hydrogens (primary N) is 1. The highest BCUT2D eigenvalue weighted by atomic mass is 16.5. The summed E-state index contributed by atoms with van der Waals surface area (Å²) >= 11 is 0. The van der Waals surface area contributed by atoms with Gasteiger partial charge in [-0.3, -0.25) is 4.90 Å². The SMILES string of the molecule is COc1cc(CN2CCC(N)CC2)ccc1C#N. The number of likely N-dealkylation sites (tertiary alicyclic amines) is 1. The maximum atomic E-state index is 8.94. The molecule has 1 aromatic carbocycles. The molecule has 1 aliphatic rings. The summed E-state index contributed by atoms with van der Waals surface area (Å²) in [6, 6.07) is 8.26. The molecule has 0 aromatic heterocycles. The fourth-order valence-corrected chi connectivity index (χ4v) is 2.30. The largest absolute Gasteiger partial charge is 0.495 e. The molecule has 0 atom stereocenters. The van der Waals surface area contributed by atoms with Gasteiger partial charge in [-0.15, -0.1) is 0 Å². The second-order valence-electron chi connectivity index (χ2n) is 4.76. The summed E-state index contributed by atoms with van der Waals surface area (Å²) in [5.41, 5.74) is 7.66. The number of methoxy groups -OCH3 is 1. The summed E-state index contributed by atoms with van der Waals surface area (Å²) in [6.45, 7) is 2.99. The van der Waals surface area contributed by atoms with Gasteiger partial charge in [0.05, 0.1) is 12.7 Å². The van der Waals surface area contributed by atoms with Gasteiger partial charge in [0.1, 0.15) is 11.8 Å². The molecule has 0 radical (unpaired) electrons. The smallest absolute Gasteiger partial charge is 0.136 e. The van der Waals surface area contributed by atoms with Gasteiger partial charge in [-0.25, -0.2) is 0 Å². The van der Waals surface area contributed by atoms with Crippen molar-refractivity contribution in [3.05, 3.63) is 29.3 Å². The molecular weight excluding hydrogens is 226 g/mol. The van der Waals surface area contributed by atoms with E-state index in [1.54, 1.807) is 7.11 Å². The van der Waals surface area contributed by atoms with Crippen molar-refractivity contribution < 1.29 is 4.74 Å². The van der Waals surface area contributed by atoms with Crippen LogP contribution in [0.2, 0.25) is 0 Å². The van der Waals surface area contributed by atoms with E-state index in [1.165, 1.54) is 5.56 Å². The number of rotatable bonds is 3. The molecule has 1 fully saturated rings. The predicted octanol–water partition coefficient (Wildman–Crippen LogP) is 1.49. The zero-order valence-electron chi connectivity index (χ0n) is 10.7. The van der Waals surface area contributed by atoms with Crippen LogP contribution in [0.3, 0.4) is 0 Å². The molecule has 0 aliphatic carbocycles. The lowest BCUT2D eigenvalue weighted by Gasteiger charge is -2.30. The maximum absolute atomic E-state index is 8.94. The monoisotopic (exact) mass is 245 g/mol. The Kier molecular flexibility index (Phi) is 4.19. The fraction of sp³-hybridized carbons (Fsp3) is 0.500. The molecule has 4 nitrogen and oxygen atoms in total. The minimum absolute atomic E-state index is 0.358. The zero-order chi connectivity index (χ0) is 13.0. The third kappa shape index (κ3) is 3.00. The Morgan fingerprint density at radius 1 is 1.44 bits per heavy atom. The maximum Gasteiger partial charge on any atom is 0.136 e. The van der Waals surface area contributed by atoms with Crippen LogP contribution >= 0.6 is 0 Å². The second-order valence-corrected chi connectivity index (χ2v) is 4.76. The molecule has 2 rings (SSSR count). The van der Waals surface area contributed by atoms with Crippen molar-refractivity contribution in [1.29, 1.82) is 5.26 Å². The van der Waals surface area contributed by atoms with E-state index in [-0.39, 0.29) is 0 Å². The second kappa shape index (κ2) is 5.85. The van der Waals surface area contributed by atoms with Crippen molar-refractivity contribution in [3.8, 4) is 11.8 Å². The highest BCUT2D eigenvalue weighted by Crippen LogP contribution is 2.21. The minimum atomic E-state index is 0.358. The number of hydrogen-bond donors (Lipinski definition) is 1. The summed E-state index contributed by atoms with van der Waals surface area (Å²) in [5.74, 6) is 0.656. The molecule has 0 amide bonds. The number of piperidine rings is 1. The average Bonchev–Trinajstić information content (AvgIpc) is 2.41. The Hall–Kier alpha value is -1.57. The molecule has 1 aliphatic heterocycles. The predicted molar refractivity (Wildman–Crippen MR) is 70.2 cm³/mol. The van der Waals surface area contributed by atoms with E-state index in [2.05, 4.69) is 11.0 Å². The van der Waals surface area contributed by atoms with Crippen molar-refractivity contribution in [2.45, 2.75) is 25.4 Å². The highest BCUT2D eigenvalue weighted by molar-refractivity contribution is 5.45. The normalized spacial score (nSPS) is 17.4. The molecule has 0 unspecified atom stereocenters. The number of benzene rings is 1. The molecule has 1 aromatic rings. The van der Waals surface area contributed by atoms with E-state index in [0.717, 1.165) is 32.5 Å². The van der Waals surface area contributed by atoms with Crippen LogP contribution in [0.15, 0.2) is 18.2 Å². The van der Waals surface area contributed by atoms with Gasteiger partial charge in [0, 0.05) is 12.6 Å². The molecule has 0 spiro atoms. The lowest BCUT2D eigenvalue weighted by Crippen LogP contribution is -2.39. The molecule has 96 valence electrons. The van der Waals surface area contributed by atoms with Gasteiger partial charge < -0.3 is 10.5 Å². The van der Waals surface area contributed by atoms with Crippen LogP contribution < -0.4 is 10.5 Å². The van der Waals surface area contributed by atoms with Gasteiger partial charge in [0.2, 0.25) is 0 Å². The van der Waals surface area contributed by atoms with Crippen LogP contribution in [0.1, 0.15) is 24.0 Å². The van der Waals surface area contributed by atoms with Gasteiger partial charge in [0.15, 0.2) is 0 Å². The summed E-state index contributed by atoms with van der Waals surface area (Å²) < 4.78 is 5.22. The number of ether oxygens (including phenoxy) is 1. The fourth-order valence-electron chi connectivity index (χ4n) is 2.30. The van der Waals surface area contributed by atoms with Crippen LogP contribution in [0.25, 0.3) is 0 Å². The molecule has 0 bridgehead atoms. The first-order valence-corrected chi connectivity index (χ1v) is 6.28. The Balaban J connectivity index is 2.04. The van der Waals surface area contributed by atoms with Crippen LogP contribution in [0, 0.1) is 11.3 Å². The van der Waals surface area contributed by atoms with Crippen LogP contribution in [0.5, 0.6) is 5.75 Å². The number of nitriles is 1. The van der Waals surface area contributed by atoms with E-state index in [1.807, 2.05) is 18.2 Å². The molecular formula is C14H19N3O. The number of hydrogen-bond acceptors (Lipinski definition) is 4. The topological polar surface area (TPSA) is 62.3 Å². The Bertz CT molecular complexity index is 445. The third-order valence-electron chi connectivity index (χ3n) is 3.42. The molecule has 4 heteroatoms. The van der Waals surface area contributed by atoms with E-state index in [9.17, 15) is 0 Å². The summed E-state index contributed by atoms with van der Waals surface area (Å²) in [5, 5.41) is 8.94. The Morgan fingerprint density at radius 3 is 2.78 bits per heavy atom. The van der Waals surface area contributed by atoms with Crippen molar-refractivity contribution in [2.24, 2.45) is 5.73 Å². The summed E-state index contributed by atoms with van der Waals surface area (Å²) in [7, 11) is 1.60. The van der Waals surface area contributed by atoms with E-state index >= 15 is 0 Å². The van der Waals surface area contributed by atoms with Gasteiger partial charge in [-0.1, -0.05) is 6.07 Å². The van der Waals surface area contributed by atoms with Crippen molar-refractivity contribution in [3.63, 3.8) is 0 Å². The van der Waals surface area contributed by atoms with Crippen molar-refractivity contribution in [2.75, 3.05) is 20.2 Å². The lowest BCUT2D eigenvalue weighted by atomic mass is 10.0. The highest BCUT2D eigenvalue weighted by Gasteiger charge is 2.16. The van der Waals surface area contributed by atoms with Gasteiger partial charge in [0.25, 0.3) is 0 Å². The first kappa shape index (κ1) is 12.9. The van der Waals surface area contributed by atoms with Crippen molar-refractivity contribution >= 4 is 0 Å². The number of nitrogens with zero attached hydrogens (tertiary/aromatic N) is 2. The first-order valence-electron chi connectivity index (χ1n) is 6.28. The van der Waals surface area contributed by atoms with Gasteiger partial charge >= 0.3 is 0 Å². The Labute approximate surface area is 108 Å². The van der Waals surface area contributed by atoms with Crippen molar-refractivity contribution in [1.82, 2.24) is 4.90 Å². The van der Waals surface area contributed by atoms with Crippen LogP contribution in [-0.2, 0) is 6.54 Å². The molecule has 0 saturated carbocycles. The molecule has 1 saturated heterocycles.